The fraction of sp³-hybridized carbons (Fsp3) is 0.278. The summed E-state index contributed by atoms with van der Waals surface area (Å²) in [6.45, 7) is 0. The van der Waals surface area contributed by atoms with Crippen molar-refractivity contribution < 1.29 is 9.53 Å². The van der Waals surface area contributed by atoms with Crippen molar-refractivity contribution in [2.75, 3.05) is 0 Å². The monoisotopic (exact) mass is 266 g/mol. The van der Waals surface area contributed by atoms with E-state index in [4.69, 9.17) is 4.74 Å². The molecule has 0 unspecified atom stereocenters. The SMILES string of the molecule is O=C(CC1CCC1)c1ccc(Oc2ccccc2)cc1. The molecule has 0 aliphatic heterocycles. The first-order valence-corrected chi connectivity index (χ1v) is 7.17. The number of para-hydroxylation sites is 1. The fourth-order valence-corrected chi connectivity index (χ4v) is 2.41. The average Bonchev–Trinajstić information content (AvgIpc) is 2.44. The molecule has 0 spiro atoms. The highest BCUT2D eigenvalue weighted by Gasteiger charge is 2.21. The largest absolute Gasteiger partial charge is 0.457 e. The van der Waals surface area contributed by atoms with Gasteiger partial charge in [-0.25, -0.2) is 0 Å². The predicted octanol–water partition coefficient (Wildman–Crippen LogP) is 4.85. The minimum absolute atomic E-state index is 0.251. The molecular weight excluding hydrogens is 248 g/mol. The van der Waals surface area contributed by atoms with Crippen molar-refractivity contribution in [3.05, 3.63) is 60.2 Å². The number of hydrogen-bond acceptors (Lipinski definition) is 2. The number of Topliss-reactive ketones (excluding diaryl/α,β-unsaturated/α-hetero) is 1. The Morgan fingerprint density at radius 1 is 0.950 bits per heavy atom. The number of benzene rings is 2. The number of ketones is 1. The van der Waals surface area contributed by atoms with E-state index in [1.165, 1.54) is 19.3 Å². The summed E-state index contributed by atoms with van der Waals surface area (Å²) in [7, 11) is 0. The van der Waals surface area contributed by atoms with Gasteiger partial charge in [-0.1, -0.05) is 37.5 Å². The van der Waals surface area contributed by atoms with Crippen LogP contribution in [0, 0.1) is 5.92 Å². The Kier molecular flexibility index (Phi) is 3.82. The summed E-state index contributed by atoms with van der Waals surface area (Å²) in [5, 5.41) is 0. The molecule has 2 aromatic rings. The lowest BCUT2D eigenvalue weighted by Gasteiger charge is -2.24. The zero-order valence-corrected chi connectivity index (χ0v) is 11.4. The molecule has 3 rings (SSSR count). The maximum atomic E-state index is 12.1. The Labute approximate surface area is 119 Å². The van der Waals surface area contributed by atoms with Gasteiger partial charge in [0, 0.05) is 12.0 Å². The Hall–Kier alpha value is -2.09. The van der Waals surface area contributed by atoms with Gasteiger partial charge in [0.05, 0.1) is 0 Å². The van der Waals surface area contributed by atoms with Gasteiger partial charge in [0.15, 0.2) is 5.78 Å². The van der Waals surface area contributed by atoms with Crippen LogP contribution >= 0.6 is 0 Å². The van der Waals surface area contributed by atoms with Gasteiger partial charge in [-0.3, -0.25) is 4.79 Å². The maximum absolute atomic E-state index is 12.1. The Morgan fingerprint density at radius 3 is 2.20 bits per heavy atom. The van der Waals surface area contributed by atoms with Crippen molar-refractivity contribution in [3.8, 4) is 11.5 Å². The van der Waals surface area contributed by atoms with Crippen molar-refractivity contribution in [2.45, 2.75) is 25.7 Å². The molecule has 1 saturated carbocycles. The first kappa shape index (κ1) is 12.9. The highest BCUT2D eigenvalue weighted by Crippen LogP contribution is 2.31. The second-order valence-corrected chi connectivity index (χ2v) is 5.36. The Morgan fingerprint density at radius 2 is 1.60 bits per heavy atom. The minimum Gasteiger partial charge on any atom is -0.457 e. The Balaban J connectivity index is 1.63. The molecule has 1 fully saturated rings. The third kappa shape index (κ3) is 3.08. The maximum Gasteiger partial charge on any atom is 0.163 e. The molecular formula is C18H18O2. The van der Waals surface area contributed by atoms with Crippen molar-refractivity contribution in [3.63, 3.8) is 0 Å². The average molecular weight is 266 g/mol. The fourth-order valence-electron chi connectivity index (χ4n) is 2.41. The Bertz CT molecular complexity index is 568. The predicted molar refractivity (Wildman–Crippen MR) is 79.2 cm³/mol. The van der Waals surface area contributed by atoms with Crippen LogP contribution in [0.5, 0.6) is 11.5 Å². The molecule has 0 amide bonds. The summed E-state index contributed by atoms with van der Waals surface area (Å²) in [6.07, 6.45) is 4.39. The standard InChI is InChI=1S/C18H18O2/c19-18(13-14-5-4-6-14)15-9-11-17(12-10-15)20-16-7-2-1-3-8-16/h1-3,7-12,14H,4-6,13H2. The van der Waals surface area contributed by atoms with Crippen LogP contribution in [-0.4, -0.2) is 5.78 Å². The van der Waals surface area contributed by atoms with Crippen LogP contribution < -0.4 is 4.74 Å². The van der Waals surface area contributed by atoms with Crippen LogP contribution in [-0.2, 0) is 0 Å². The van der Waals surface area contributed by atoms with Gasteiger partial charge >= 0.3 is 0 Å². The van der Waals surface area contributed by atoms with Gasteiger partial charge in [0.1, 0.15) is 11.5 Å². The van der Waals surface area contributed by atoms with E-state index in [0.29, 0.717) is 12.3 Å². The van der Waals surface area contributed by atoms with E-state index < -0.39 is 0 Å². The molecule has 2 heteroatoms. The van der Waals surface area contributed by atoms with E-state index in [1.807, 2.05) is 54.6 Å². The molecule has 2 aromatic carbocycles. The third-order valence-electron chi connectivity index (χ3n) is 3.85. The van der Waals surface area contributed by atoms with Crippen molar-refractivity contribution in [2.24, 2.45) is 5.92 Å². The summed E-state index contributed by atoms with van der Waals surface area (Å²) in [5.41, 5.74) is 0.789. The number of rotatable bonds is 5. The lowest BCUT2D eigenvalue weighted by Crippen LogP contribution is -2.15. The summed E-state index contributed by atoms with van der Waals surface area (Å²) >= 11 is 0. The van der Waals surface area contributed by atoms with Gasteiger partial charge in [-0.2, -0.15) is 0 Å². The van der Waals surface area contributed by atoms with Gasteiger partial charge in [0.25, 0.3) is 0 Å². The van der Waals surface area contributed by atoms with E-state index in [0.717, 1.165) is 17.1 Å². The second-order valence-electron chi connectivity index (χ2n) is 5.36. The zero-order chi connectivity index (χ0) is 13.8. The molecule has 20 heavy (non-hydrogen) atoms. The molecule has 0 radical (unpaired) electrons. The van der Waals surface area contributed by atoms with Crippen LogP contribution in [0.25, 0.3) is 0 Å². The van der Waals surface area contributed by atoms with Crippen molar-refractivity contribution in [1.82, 2.24) is 0 Å². The first-order valence-electron chi connectivity index (χ1n) is 7.17. The summed E-state index contributed by atoms with van der Waals surface area (Å²) in [5.74, 6) is 2.43. The second kappa shape index (κ2) is 5.91. The van der Waals surface area contributed by atoms with E-state index in [-0.39, 0.29) is 5.78 Å². The van der Waals surface area contributed by atoms with Crippen LogP contribution in [0.3, 0.4) is 0 Å². The molecule has 0 N–H and O–H groups in total. The van der Waals surface area contributed by atoms with E-state index >= 15 is 0 Å². The van der Waals surface area contributed by atoms with Crippen molar-refractivity contribution >= 4 is 5.78 Å². The molecule has 102 valence electrons. The van der Waals surface area contributed by atoms with Crippen LogP contribution in [0.15, 0.2) is 54.6 Å². The molecule has 0 aromatic heterocycles. The highest BCUT2D eigenvalue weighted by molar-refractivity contribution is 5.96. The van der Waals surface area contributed by atoms with Gasteiger partial charge in [-0.05, 0) is 42.3 Å². The highest BCUT2D eigenvalue weighted by atomic mass is 16.5. The molecule has 0 saturated heterocycles. The van der Waals surface area contributed by atoms with E-state index in [2.05, 4.69) is 0 Å². The lowest BCUT2D eigenvalue weighted by molar-refractivity contribution is 0.0936. The van der Waals surface area contributed by atoms with E-state index in [9.17, 15) is 4.79 Å². The zero-order valence-electron chi connectivity index (χ0n) is 11.4. The molecule has 2 nitrogen and oxygen atoms in total. The van der Waals surface area contributed by atoms with Crippen LogP contribution in [0.4, 0.5) is 0 Å². The van der Waals surface area contributed by atoms with Crippen molar-refractivity contribution in [1.29, 1.82) is 0 Å². The molecule has 0 heterocycles. The first-order chi connectivity index (χ1) is 9.81. The van der Waals surface area contributed by atoms with Gasteiger partial charge in [-0.15, -0.1) is 0 Å². The van der Waals surface area contributed by atoms with E-state index in [1.54, 1.807) is 0 Å². The minimum atomic E-state index is 0.251. The quantitative estimate of drug-likeness (QED) is 0.723. The number of ether oxygens (including phenoxy) is 1. The number of hydrogen-bond donors (Lipinski definition) is 0. The van der Waals surface area contributed by atoms with Crippen LogP contribution in [0.1, 0.15) is 36.0 Å². The van der Waals surface area contributed by atoms with Gasteiger partial charge in [0.2, 0.25) is 0 Å². The molecule has 1 aliphatic rings. The van der Waals surface area contributed by atoms with Gasteiger partial charge < -0.3 is 4.74 Å². The molecule has 0 atom stereocenters. The molecule has 0 bridgehead atoms. The summed E-state index contributed by atoms with van der Waals surface area (Å²) in [4.78, 5) is 12.1. The lowest BCUT2D eigenvalue weighted by atomic mass is 9.81. The van der Waals surface area contributed by atoms with Crippen LogP contribution in [0.2, 0.25) is 0 Å². The summed E-state index contributed by atoms with van der Waals surface area (Å²) < 4.78 is 5.72. The number of carbonyl (C=O) groups excluding carboxylic acids is 1. The summed E-state index contributed by atoms with van der Waals surface area (Å²) in [6, 6.07) is 17.1. The molecule has 1 aliphatic carbocycles. The smallest absolute Gasteiger partial charge is 0.163 e. The normalized spacial score (nSPS) is 14.6. The topological polar surface area (TPSA) is 26.3 Å². The third-order valence-corrected chi connectivity index (χ3v) is 3.85. The number of carbonyl (C=O) groups is 1.